The molecule has 2 aromatic rings. The summed E-state index contributed by atoms with van der Waals surface area (Å²) in [5, 5.41) is 2.52. The average molecular weight is 549 g/mol. The molecule has 5 rings (SSSR count). The molecule has 0 saturated carbocycles. The number of hydrogen-bond donors (Lipinski definition) is 0. The summed E-state index contributed by atoms with van der Waals surface area (Å²) in [6, 6.07) is 16.1. The number of esters is 1. The molecular weight excluding hydrogens is 515 g/mol. The van der Waals surface area contributed by atoms with E-state index in [1.54, 1.807) is 32.0 Å². The predicted octanol–water partition coefficient (Wildman–Crippen LogP) is 4.74. The summed E-state index contributed by atoms with van der Waals surface area (Å²) >= 11 is 1.39. The van der Waals surface area contributed by atoms with Crippen molar-refractivity contribution < 1.29 is 18.7 Å². The van der Waals surface area contributed by atoms with E-state index in [0.717, 1.165) is 26.1 Å². The van der Waals surface area contributed by atoms with Gasteiger partial charge in [0.2, 0.25) is 5.91 Å². The van der Waals surface area contributed by atoms with Crippen molar-refractivity contribution >= 4 is 28.8 Å². The lowest BCUT2D eigenvalue weighted by Crippen LogP contribution is -2.49. The Hall–Kier alpha value is -3.43. The van der Waals surface area contributed by atoms with Crippen molar-refractivity contribution in [3.8, 4) is 0 Å². The first kappa shape index (κ1) is 27.1. The van der Waals surface area contributed by atoms with E-state index in [1.165, 1.54) is 23.4 Å². The molecule has 1 fully saturated rings. The van der Waals surface area contributed by atoms with Crippen molar-refractivity contribution in [2.45, 2.75) is 32.7 Å². The van der Waals surface area contributed by atoms with Crippen molar-refractivity contribution in [1.29, 1.82) is 0 Å². The van der Waals surface area contributed by atoms with Gasteiger partial charge in [0.15, 0.2) is 5.17 Å². The van der Waals surface area contributed by atoms with Crippen LogP contribution in [0, 0.1) is 5.82 Å². The first-order valence-electron chi connectivity index (χ1n) is 13.4. The van der Waals surface area contributed by atoms with Gasteiger partial charge in [0.1, 0.15) is 5.82 Å². The van der Waals surface area contributed by atoms with Crippen LogP contribution < -0.4 is 0 Å². The minimum atomic E-state index is -0.762. The second-order valence-electron chi connectivity index (χ2n) is 9.77. The van der Waals surface area contributed by atoms with Gasteiger partial charge in [-0.3, -0.25) is 9.69 Å². The Morgan fingerprint density at radius 2 is 1.77 bits per heavy atom. The van der Waals surface area contributed by atoms with Gasteiger partial charge >= 0.3 is 5.97 Å². The number of carbonyl (C=O) groups is 2. The SMILES string of the molecule is CCOC(=O)C1=C(C)N=C2SC=C(CC(=O)N3CCN(CCc4ccccc4)CC3)N2[C@H]1c1ccccc1F. The number of piperazine rings is 1. The van der Waals surface area contributed by atoms with Crippen LogP contribution in [0.3, 0.4) is 0 Å². The highest BCUT2D eigenvalue weighted by Gasteiger charge is 2.42. The number of thioether (sulfide) groups is 1. The fourth-order valence-corrected chi connectivity index (χ4v) is 6.21. The van der Waals surface area contributed by atoms with Crippen LogP contribution >= 0.6 is 11.8 Å². The summed E-state index contributed by atoms with van der Waals surface area (Å²) < 4.78 is 20.5. The van der Waals surface area contributed by atoms with Gasteiger partial charge in [-0.05, 0) is 37.3 Å². The van der Waals surface area contributed by atoms with Crippen LogP contribution in [0.1, 0.15) is 37.4 Å². The van der Waals surface area contributed by atoms with E-state index < -0.39 is 17.8 Å². The number of hydrogen-bond acceptors (Lipinski definition) is 7. The summed E-state index contributed by atoms with van der Waals surface area (Å²) in [5.41, 5.74) is 3.15. The Balaban J connectivity index is 1.28. The third-order valence-electron chi connectivity index (χ3n) is 7.31. The molecule has 0 aromatic heterocycles. The first-order valence-corrected chi connectivity index (χ1v) is 14.2. The second-order valence-corrected chi connectivity index (χ2v) is 10.6. The van der Waals surface area contributed by atoms with E-state index in [1.807, 2.05) is 21.3 Å². The van der Waals surface area contributed by atoms with Gasteiger partial charge in [-0.15, -0.1) is 0 Å². The molecule has 3 aliphatic heterocycles. The summed E-state index contributed by atoms with van der Waals surface area (Å²) in [6.07, 6.45) is 1.14. The Labute approximate surface area is 233 Å². The summed E-state index contributed by atoms with van der Waals surface area (Å²) in [4.78, 5) is 37.2. The zero-order valence-corrected chi connectivity index (χ0v) is 23.1. The van der Waals surface area contributed by atoms with E-state index in [4.69, 9.17) is 4.74 Å². The van der Waals surface area contributed by atoms with E-state index in [9.17, 15) is 9.59 Å². The van der Waals surface area contributed by atoms with Gasteiger partial charge in [0.05, 0.1) is 30.3 Å². The minimum Gasteiger partial charge on any atom is -0.463 e. The summed E-state index contributed by atoms with van der Waals surface area (Å²) in [6.45, 7) is 7.63. The molecule has 1 amide bonds. The van der Waals surface area contributed by atoms with E-state index in [-0.39, 0.29) is 18.9 Å². The normalized spacial score (nSPS) is 19.5. The van der Waals surface area contributed by atoms with Crippen LogP contribution in [-0.4, -0.2) is 71.1 Å². The number of aliphatic imine (C=N–C) groups is 1. The molecule has 0 spiro atoms. The lowest BCUT2D eigenvalue weighted by Gasteiger charge is -2.38. The third kappa shape index (κ3) is 5.94. The number of amides is 1. The molecule has 39 heavy (non-hydrogen) atoms. The van der Waals surface area contributed by atoms with Gasteiger partial charge in [0, 0.05) is 44.0 Å². The molecule has 0 aliphatic carbocycles. The highest BCUT2D eigenvalue weighted by atomic mass is 32.2. The molecule has 0 N–H and O–H groups in total. The molecule has 2 aromatic carbocycles. The molecule has 1 saturated heterocycles. The molecule has 3 aliphatic rings. The van der Waals surface area contributed by atoms with E-state index >= 15 is 4.39 Å². The van der Waals surface area contributed by atoms with Gasteiger partial charge < -0.3 is 14.5 Å². The second kappa shape index (κ2) is 12.2. The summed E-state index contributed by atoms with van der Waals surface area (Å²) in [5.74, 6) is -0.935. The molecule has 0 bridgehead atoms. The quantitative estimate of drug-likeness (QED) is 0.444. The number of allylic oxidation sites excluding steroid dienone is 1. The van der Waals surface area contributed by atoms with Crippen molar-refractivity contribution in [3.05, 3.63) is 93.9 Å². The molecular formula is C30H33FN4O3S. The van der Waals surface area contributed by atoms with Crippen molar-refractivity contribution in [2.75, 3.05) is 39.3 Å². The Kier molecular flexibility index (Phi) is 8.47. The highest BCUT2D eigenvalue weighted by molar-refractivity contribution is 8.16. The standard InChI is InChI=1S/C30H33FN4O3S/c1-3-38-29(37)27-21(2)32-30-35(28(27)24-11-7-8-12-25(24)31)23(20-39-30)19-26(36)34-17-15-33(16-18-34)14-13-22-9-5-4-6-10-22/h4-12,20,28H,3,13-19H2,1-2H3/t28-/m0/s1. The van der Waals surface area contributed by atoms with Crippen LogP contribution in [0.25, 0.3) is 0 Å². The zero-order chi connectivity index (χ0) is 27.4. The first-order chi connectivity index (χ1) is 19.0. The fraction of sp³-hybridized carbons (Fsp3) is 0.367. The molecule has 3 heterocycles. The maximum Gasteiger partial charge on any atom is 0.338 e. The fourth-order valence-electron chi connectivity index (χ4n) is 5.25. The van der Waals surface area contributed by atoms with Gasteiger partial charge in [0.25, 0.3) is 0 Å². The molecule has 0 radical (unpaired) electrons. The van der Waals surface area contributed by atoms with Crippen molar-refractivity contribution in [1.82, 2.24) is 14.7 Å². The van der Waals surface area contributed by atoms with Crippen molar-refractivity contribution in [3.63, 3.8) is 0 Å². The molecule has 7 nitrogen and oxygen atoms in total. The lowest BCUT2D eigenvalue weighted by atomic mass is 9.93. The topological polar surface area (TPSA) is 65.5 Å². The van der Waals surface area contributed by atoms with Crippen LogP contribution in [0.15, 0.2) is 82.0 Å². The van der Waals surface area contributed by atoms with Crippen LogP contribution in [0.2, 0.25) is 0 Å². The van der Waals surface area contributed by atoms with Gasteiger partial charge in [-0.1, -0.05) is 60.3 Å². The highest BCUT2D eigenvalue weighted by Crippen LogP contribution is 2.45. The van der Waals surface area contributed by atoms with Crippen LogP contribution in [0.4, 0.5) is 4.39 Å². The largest absolute Gasteiger partial charge is 0.463 e. The van der Waals surface area contributed by atoms with Crippen LogP contribution in [-0.2, 0) is 20.7 Å². The number of ether oxygens (including phenoxy) is 1. The number of halogens is 1. The molecule has 1 atom stereocenters. The number of nitrogens with zero attached hydrogens (tertiary/aromatic N) is 4. The monoisotopic (exact) mass is 548 g/mol. The van der Waals surface area contributed by atoms with Gasteiger partial charge in [-0.25, -0.2) is 14.2 Å². The van der Waals surface area contributed by atoms with Gasteiger partial charge in [-0.2, -0.15) is 0 Å². The number of carbonyl (C=O) groups excluding carboxylic acids is 2. The van der Waals surface area contributed by atoms with E-state index in [0.29, 0.717) is 40.8 Å². The molecule has 204 valence electrons. The minimum absolute atomic E-state index is 0.0158. The maximum atomic E-state index is 15.1. The third-order valence-corrected chi connectivity index (χ3v) is 8.20. The maximum absolute atomic E-state index is 15.1. The number of amidine groups is 1. The molecule has 0 unspecified atom stereocenters. The Bertz CT molecular complexity index is 1320. The Morgan fingerprint density at radius 3 is 2.49 bits per heavy atom. The number of fused-ring (bicyclic) bond motifs is 1. The van der Waals surface area contributed by atoms with Crippen LogP contribution in [0.5, 0.6) is 0 Å². The lowest BCUT2D eigenvalue weighted by molar-refractivity contribution is -0.139. The van der Waals surface area contributed by atoms with Crippen molar-refractivity contribution in [2.24, 2.45) is 4.99 Å². The zero-order valence-electron chi connectivity index (χ0n) is 22.3. The summed E-state index contributed by atoms with van der Waals surface area (Å²) in [7, 11) is 0. The van der Waals surface area contributed by atoms with E-state index in [2.05, 4.69) is 34.2 Å². The average Bonchev–Trinajstić information content (AvgIpc) is 3.34. The predicted molar refractivity (Wildman–Crippen MR) is 151 cm³/mol. The Morgan fingerprint density at radius 1 is 1.05 bits per heavy atom. The smallest absolute Gasteiger partial charge is 0.338 e. The number of rotatable bonds is 8. The molecule has 9 heteroatoms. The number of benzene rings is 2.